The van der Waals surface area contributed by atoms with E-state index in [2.05, 4.69) is 19.0 Å². The van der Waals surface area contributed by atoms with Gasteiger partial charge in [-0.2, -0.15) is 0 Å². The Hall–Kier alpha value is -2.95. The van der Waals surface area contributed by atoms with Gasteiger partial charge in [0, 0.05) is 0 Å². The van der Waals surface area contributed by atoms with Crippen molar-refractivity contribution in [2.75, 3.05) is 26.9 Å². The molecule has 0 amide bonds. The van der Waals surface area contributed by atoms with E-state index in [1.807, 2.05) is 55.5 Å². The van der Waals surface area contributed by atoms with Gasteiger partial charge in [-0.3, -0.25) is 0 Å². The third-order valence-corrected chi connectivity index (χ3v) is 4.73. The average Bonchev–Trinajstić information content (AvgIpc) is 2.76. The van der Waals surface area contributed by atoms with Gasteiger partial charge in [-0.25, -0.2) is 0 Å². The van der Waals surface area contributed by atoms with Crippen LogP contribution in [0, 0.1) is 13.8 Å². The fourth-order valence-electron chi connectivity index (χ4n) is 3.18. The van der Waals surface area contributed by atoms with Gasteiger partial charge in [-0.05, 0) is 87.4 Å². The Morgan fingerprint density at radius 2 is 1.55 bits per heavy atom. The number of allylic oxidation sites excluding steroid dienone is 1. The molecular formula is C26H35NO4. The van der Waals surface area contributed by atoms with Crippen molar-refractivity contribution >= 4 is 6.21 Å². The third kappa shape index (κ3) is 9.16. The lowest BCUT2D eigenvalue weighted by Gasteiger charge is -2.14. The number of hydrogen-bond acceptors (Lipinski definition) is 5. The predicted octanol–water partition coefficient (Wildman–Crippen LogP) is 6.26. The van der Waals surface area contributed by atoms with E-state index in [9.17, 15) is 0 Å². The maximum Gasteiger partial charge on any atom is 0.125 e. The number of oxime groups is 1. The van der Waals surface area contributed by atoms with Crippen molar-refractivity contribution in [1.82, 2.24) is 0 Å². The molecule has 0 N–H and O–H groups in total. The first-order valence-electron chi connectivity index (χ1n) is 10.9. The van der Waals surface area contributed by atoms with Crippen LogP contribution in [0.15, 0.2) is 53.7 Å². The Morgan fingerprint density at radius 1 is 0.839 bits per heavy atom. The summed E-state index contributed by atoms with van der Waals surface area (Å²) in [5.41, 5.74) is 3.18. The first-order chi connectivity index (χ1) is 15.1. The summed E-state index contributed by atoms with van der Waals surface area (Å²) in [7, 11) is 1.53. The fourth-order valence-corrected chi connectivity index (χ4v) is 3.18. The molecule has 2 rings (SSSR count). The lowest BCUT2D eigenvalue weighted by molar-refractivity contribution is 0.215. The maximum absolute atomic E-state index is 6.05. The highest BCUT2D eigenvalue weighted by molar-refractivity contribution is 5.79. The third-order valence-electron chi connectivity index (χ3n) is 4.73. The van der Waals surface area contributed by atoms with Crippen LogP contribution in [0.3, 0.4) is 0 Å². The zero-order valence-electron chi connectivity index (χ0n) is 19.2. The maximum atomic E-state index is 6.05. The van der Waals surface area contributed by atoms with Gasteiger partial charge in [0.25, 0.3) is 0 Å². The highest BCUT2D eigenvalue weighted by Crippen LogP contribution is 2.28. The second kappa shape index (κ2) is 14.1. The van der Waals surface area contributed by atoms with Gasteiger partial charge in [0.05, 0.1) is 19.4 Å². The smallest absolute Gasteiger partial charge is 0.125 e. The van der Waals surface area contributed by atoms with E-state index in [0.29, 0.717) is 13.2 Å². The van der Waals surface area contributed by atoms with Crippen LogP contribution in [0.4, 0.5) is 0 Å². The number of benzene rings is 2. The molecule has 2 aromatic carbocycles. The van der Waals surface area contributed by atoms with Crippen molar-refractivity contribution in [2.24, 2.45) is 5.16 Å². The summed E-state index contributed by atoms with van der Waals surface area (Å²) in [5, 5.41) is 3.77. The normalized spacial score (nSPS) is 11.2. The molecule has 0 heterocycles. The number of nitrogens with zero attached hydrogens (tertiary/aromatic N) is 1. The molecule has 31 heavy (non-hydrogen) atoms. The first kappa shape index (κ1) is 24.3. The van der Waals surface area contributed by atoms with Crippen LogP contribution in [0.2, 0.25) is 0 Å². The summed E-state index contributed by atoms with van der Waals surface area (Å²) in [4.78, 5) is 4.71. The number of hydrogen-bond donors (Lipinski definition) is 0. The van der Waals surface area contributed by atoms with Gasteiger partial charge < -0.3 is 19.0 Å². The monoisotopic (exact) mass is 425 g/mol. The quantitative estimate of drug-likeness (QED) is 0.155. The van der Waals surface area contributed by atoms with E-state index in [1.165, 1.54) is 7.11 Å². The fraction of sp³-hybridized carbons (Fsp3) is 0.423. The van der Waals surface area contributed by atoms with E-state index in [0.717, 1.165) is 66.2 Å². The van der Waals surface area contributed by atoms with Crippen molar-refractivity contribution in [1.29, 1.82) is 0 Å². The lowest BCUT2D eigenvalue weighted by atomic mass is 10.1. The standard InChI is InChI=1S/C26H35NO4/c1-5-6-14-30-25-17-21(2)26(22(3)18-25)31-16-10-8-7-9-15-29-24-13-11-12-23(19-24)20-27-28-4/h5-6,11-13,17-20H,7-10,14-16H2,1-4H3/b6-5+,27-20+. The molecule has 0 atom stereocenters. The Kier molecular flexibility index (Phi) is 11.1. The summed E-state index contributed by atoms with van der Waals surface area (Å²) in [5.74, 6) is 2.71. The van der Waals surface area contributed by atoms with Crippen molar-refractivity contribution in [3.05, 3.63) is 65.2 Å². The molecule has 5 nitrogen and oxygen atoms in total. The Balaban J connectivity index is 1.63. The lowest BCUT2D eigenvalue weighted by Crippen LogP contribution is -2.03. The van der Waals surface area contributed by atoms with Crippen molar-refractivity contribution in [2.45, 2.75) is 46.5 Å². The molecule has 0 aliphatic carbocycles. The molecule has 168 valence electrons. The molecule has 0 aliphatic heterocycles. The number of ether oxygens (including phenoxy) is 3. The van der Waals surface area contributed by atoms with E-state index in [1.54, 1.807) is 6.21 Å². The molecule has 0 radical (unpaired) electrons. The van der Waals surface area contributed by atoms with Crippen LogP contribution < -0.4 is 14.2 Å². The average molecular weight is 426 g/mol. The SMILES string of the molecule is C/C=C/COc1cc(C)c(OCCCCCCOc2cccc(/C=N/OC)c2)c(C)c1. The Labute approximate surface area is 186 Å². The van der Waals surface area contributed by atoms with Crippen LogP contribution in [-0.2, 0) is 4.84 Å². The molecule has 0 bridgehead atoms. The summed E-state index contributed by atoms with van der Waals surface area (Å²) in [6, 6.07) is 11.9. The van der Waals surface area contributed by atoms with Crippen molar-refractivity contribution in [3.8, 4) is 17.2 Å². The van der Waals surface area contributed by atoms with Gasteiger partial charge in [0.15, 0.2) is 0 Å². The molecule has 0 aromatic heterocycles. The van der Waals surface area contributed by atoms with Crippen molar-refractivity contribution in [3.63, 3.8) is 0 Å². The van der Waals surface area contributed by atoms with Crippen LogP contribution in [0.5, 0.6) is 17.2 Å². The molecule has 0 saturated heterocycles. The van der Waals surface area contributed by atoms with Gasteiger partial charge in [-0.15, -0.1) is 0 Å². The number of rotatable bonds is 14. The number of aryl methyl sites for hydroxylation is 2. The molecule has 0 aliphatic rings. The van der Waals surface area contributed by atoms with E-state index < -0.39 is 0 Å². The van der Waals surface area contributed by atoms with Crippen LogP contribution in [0.25, 0.3) is 0 Å². The molecule has 0 spiro atoms. The highest BCUT2D eigenvalue weighted by Gasteiger charge is 2.07. The summed E-state index contributed by atoms with van der Waals surface area (Å²) in [6.07, 6.45) is 9.93. The van der Waals surface area contributed by atoms with Crippen LogP contribution in [-0.4, -0.2) is 33.1 Å². The van der Waals surface area contributed by atoms with Crippen LogP contribution in [0.1, 0.15) is 49.3 Å². The molecule has 0 saturated carbocycles. The Morgan fingerprint density at radius 3 is 2.23 bits per heavy atom. The highest BCUT2D eigenvalue weighted by atomic mass is 16.6. The molecule has 5 heteroatoms. The zero-order chi connectivity index (χ0) is 22.3. The second-order valence-electron chi connectivity index (χ2n) is 7.37. The molecule has 0 unspecified atom stereocenters. The zero-order valence-corrected chi connectivity index (χ0v) is 19.2. The number of unbranched alkanes of at least 4 members (excludes halogenated alkanes) is 3. The predicted molar refractivity (Wildman–Crippen MR) is 127 cm³/mol. The summed E-state index contributed by atoms with van der Waals surface area (Å²) >= 11 is 0. The molecular weight excluding hydrogens is 390 g/mol. The first-order valence-corrected chi connectivity index (χ1v) is 10.9. The minimum atomic E-state index is 0.590. The van der Waals surface area contributed by atoms with E-state index in [4.69, 9.17) is 19.0 Å². The van der Waals surface area contributed by atoms with E-state index >= 15 is 0 Å². The summed E-state index contributed by atoms with van der Waals surface area (Å²) in [6.45, 7) is 8.15. The molecule has 0 fully saturated rings. The van der Waals surface area contributed by atoms with Gasteiger partial charge in [0.1, 0.15) is 31.0 Å². The van der Waals surface area contributed by atoms with Crippen LogP contribution >= 0.6 is 0 Å². The minimum Gasteiger partial charge on any atom is -0.494 e. The van der Waals surface area contributed by atoms with Crippen molar-refractivity contribution < 1.29 is 19.0 Å². The van der Waals surface area contributed by atoms with Gasteiger partial charge in [-0.1, -0.05) is 29.4 Å². The largest absolute Gasteiger partial charge is 0.494 e. The second-order valence-corrected chi connectivity index (χ2v) is 7.37. The van der Waals surface area contributed by atoms with E-state index in [-0.39, 0.29) is 0 Å². The minimum absolute atomic E-state index is 0.590. The Bertz CT molecular complexity index is 822. The topological polar surface area (TPSA) is 49.3 Å². The van der Waals surface area contributed by atoms with Gasteiger partial charge >= 0.3 is 0 Å². The molecule has 2 aromatic rings. The van der Waals surface area contributed by atoms with Gasteiger partial charge in [0.2, 0.25) is 0 Å². The summed E-state index contributed by atoms with van der Waals surface area (Å²) < 4.78 is 17.6.